The monoisotopic (exact) mass is 219 g/mol. The number of halogens is 1. The fourth-order valence-corrected chi connectivity index (χ4v) is 1.03. The van der Waals surface area contributed by atoms with E-state index in [1.54, 1.807) is 0 Å². The van der Waals surface area contributed by atoms with Crippen LogP contribution in [0.25, 0.3) is 0 Å². The minimum Gasteiger partial charge on any atom is -0.341 e. The van der Waals surface area contributed by atoms with Crippen LogP contribution in [0.1, 0.15) is 0 Å². The van der Waals surface area contributed by atoms with E-state index in [0.29, 0.717) is 0 Å². The third-order valence-corrected chi connectivity index (χ3v) is 2.28. The van der Waals surface area contributed by atoms with Crippen LogP contribution in [-0.4, -0.2) is 10.6 Å². The maximum atomic E-state index is 4.99. The molecule has 1 aromatic rings. The van der Waals surface area contributed by atoms with Gasteiger partial charge in [0.25, 0.3) is 0 Å². The van der Waals surface area contributed by atoms with E-state index < -0.39 is 0 Å². The average molecular weight is 220 g/mol. The number of hydrogen-bond acceptors (Lipinski definition) is 2. The quantitative estimate of drug-likeness (QED) is 0.729. The zero-order chi connectivity index (χ0) is 8.10. The third-order valence-electron chi connectivity index (χ3n) is 1.21. The highest BCUT2D eigenvalue weighted by molar-refractivity contribution is 8.22. The van der Waals surface area contributed by atoms with Crippen molar-refractivity contribution in [2.45, 2.75) is 0 Å². The minimum atomic E-state index is 0. The number of para-hydroxylation sites is 1. The van der Waals surface area contributed by atoms with Gasteiger partial charge in [0.2, 0.25) is 0 Å². The Hall–Kier alpha value is -0.250. The summed E-state index contributed by atoms with van der Waals surface area (Å²) in [5.74, 6) is 0. The van der Waals surface area contributed by atoms with E-state index in [2.05, 4.69) is 5.32 Å². The number of rotatable bonds is 1. The molecule has 0 aliphatic rings. The van der Waals surface area contributed by atoms with Crippen molar-refractivity contribution in [2.24, 2.45) is 0 Å². The van der Waals surface area contributed by atoms with E-state index in [0.717, 1.165) is 10.0 Å². The predicted molar refractivity (Wildman–Crippen MR) is 63.4 cm³/mol. The molecule has 12 heavy (non-hydrogen) atoms. The molecule has 0 saturated heterocycles. The highest BCUT2D eigenvalue weighted by atomic mass is 35.5. The Morgan fingerprint density at radius 2 is 1.92 bits per heavy atom. The lowest BCUT2D eigenvalue weighted by atomic mass is 10.3. The molecule has 1 aromatic carbocycles. The van der Waals surface area contributed by atoms with Crippen molar-refractivity contribution < 1.29 is 0 Å². The van der Waals surface area contributed by atoms with Gasteiger partial charge in [-0.3, -0.25) is 0 Å². The molecule has 0 spiro atoms. The number of anilines is 1. The van der Waals surface area contributed by atoms with Crippen LogP contribution in [0.4, 0.5) is 5.69 Å². The molecule has 0 unspecified atom stereocenters. The van der Waals surface area contributed by atoms with Crippen molar-refractivity contribution >= 4 is 46.4 Å². The SMILES string of the molecule is CSC(=S)Nc1ccccc1.Cl. The fourth-order valence-electron chi connectivity index (χ4n) is 0.690. The fraction of sp³-hybridized carbons (Fsp3) is 0.125. The van der Waals surface area contributed by atoms with Gasteiger partial charge in [-0.1, -0.05) is 30.4 Å². The molecule has 66 valence electrons. The molecular weight excluding hydrogens is 210 g/mol. The summed E-state index contributed by atoms with van der Waals surface area (Å²) in [6.07, 6.45) is 1.96. The van der Waals surface area contributed by atoms with Gasteiger partial charge in [0, 0.05) is 5.69 Å². The molecular formula is C8H10ClNS2. The first-order valence-corrected chi connectivity index (χ1v) is 4.86. The van der Waals surface area contributed by atoms with Gasteiger partial charge in [0.15, 0.2) is 0 Å². The van der Waals surface area contributed by atoms with Crippen LogP contribution in [-0.2, 0) is 0 Å². The number of benzene rings is 1. The van der Waals surface area contributed by atoms with E-state index in [-0.39, 0.29) is 12.4 Å². The first kappa shape index (κ1) is 11.8. The van der Waals surface area contributed by atoms with Gasteiger partial charge in [0.05, 0.1) is 0 Å². The zero-order valence-electron chi connectivity index (χ0n) is 6.61. The van der Waals surface area contributed by atoms with Gasteiger partial charge in [-0.05, 0) is 18.4 Å². The summed E-state index contributed by atoms with van der Waals surface area (Å²) in [6.45, 7) is 0. The molecule has 1 N–H and O–H groups in total. The van der Waals surface area contributed by atoms with Gasteiger partial charge in [-0.15, -0.1) is 24.2 Å². The van der Waals surface area contributed by atoms with Gasteiger partial charge >= 0.3 is 0 Å². The first-order valence-electron chi connectivity index (χ1n) is 3.23. The van der Waals surface area contributed by atoms with Crippen molar-refractivity contribution in [1.29, 1.82) is 0 Å². The normalized spacial score (nSPS) is 8.42. The topological polar surface area (TPSA) is 12.0 Å². The molecule has 0 aromatic heterocycles. The molecule has 0 atom stereocenters. The largest absolute Gasteiger partial charge is 0.341 e. The lowest BCUT2D eigenvalue weighted by Crippen LogP contribution is -2.02. The number of thiocarbonyl (C=S) groups is 1. The number of thioether (sulfide) groups is 1. The summed E-state index contributed by atoms with van der Waals surface area (Å²) in [5.41, 5.74) is 1.05. The molecule has 1 rings (SSSR count). The molecule has 0 radical (unpaired) electrons. The second-order valence-electron chi connectivity index (χ2n) is 1.98. The van der Waals surface area contributed by atoms with E-state index >= 15 is 0 Å². The molecule has 0 amide bonds. The second kappa shape index (κ2) is 6.29. The number of nitrogens with one attached hydrogen (secondary N) is 1. The molecule has 0 fully saturated rings. The summed E-state index contributed by atoms with van der Waals surface area (Å²) < 4.78 is 0.802. The van der Waals surface area contributed by atoms with Crippen LogP contribution in [0.2, 0.25) is 0 Å². The van der Waals surface area contributed by atoms with Crippen LogP contribution >= 0.6 is 36.4 Å². The Kier molecular flexibility index (Phi) is 6.16. The molecule has 0 bridgehead atoms. The van der Waals surface area contributed by atoms with E-state index in [4.69, 9.17) is 12.2 Å². The summed E-state index contributed by atoms with van der Waals surface area (Å²) in [7, 11) is 0. The Bertz CT molecular complexity index is 238. The number of hydrogen-bond donors (Lipinski definition) is 1. The van der Waals surface area contributed by atoms with Gasteiger partial charge in [-0.2, -0.15) is 0 Å². The Labute approximate surface area is 88.3 Å². The van der Waals surface area contributed by atoms with E-state index in [9.17, 15) is 0 Å². The van der Waals surface area contributed by atoms with Gasteiger partial charge in [0.1, 0.15) is 4.32 Å². The lowest BCUT2D eigenvalue weighted by Gasteiger charge is -2.03. The molecule has 1 nitrogen and oxygen atoms in total. The van der Waals surface area contributed by atoms with Crippen molar-refractivity contribution in [1.82, 2.24) is 0 Å². The second-order valence-corrected chi connectivity index (χ2v) is 3.47. The van der Waals surface area contributed by atoms with Crippen molar-refractivity contribution in [3.8, 4) is 0 Å². The average Bonchev–Trinajstić information content (AvgIpc) is 2.06. The van der Waals surface area contributed by atoms with Crippen LogP contribution in [0, 0.1) is 0 Å². The van der Waals surface area contributed by atoms with Crippen molar-refractivity contribution in [3.05, 3.63) is 30.3 Å². The molecule has 0 heterocycles. The van der Waals surface area contributed by atoms with Crippen LogP contribution < -0.4 is 5.32 Å². The molecule has 0 saturated carbocycles. The Balaban J connectivity index is 0.00000121. The summed E-state index contributed by atoms with van der Waals surface area (Å²) in [5, 5.41) is 3.09. The minimum absolute atomic E-state index is 0. The van der Waals surface area contributed by atoms with Gasteiger partial charge in [-0.25, -0.2) is 0 Å². The maximum absolute atomic E-state index is 4.99. The summed E-state index contributed by atoms with van der Waals surface area (Å²) in [4.78, 5) is 0. The summed E-state index contributed by atoms with van der Waals surface area (Å²) in [6, 6.07) is 9.91. The van der Waals surface area contributed by atoms with Crippen LogP contribution in [0.5, 0.6) is 0 Å². The zero-order valence-corrected chi connectivity index (χ0v) is 9.06. The predicted octanol–water partition coefficient (Wildman–Crippen LogP) is 3.17. The van der Waals surface area contributed by atoms with E-state index in [1.807, 2.05) is 36.6 Å². The standard InChI is InChI=1S/C8H9NS2.ClH/c1-11-8(10)9-7-5-3-2-4-6-7;/h2-6H,1H3,(H,9,10);1H. The molecule has 4 heteroatoms. The highest BCUT2D eigenvalue weighted by Gasteiger charge is 1.91. The van der Waals surface area contributed by atoms with E-state index in [1.165, 1.54) is 11.8 Å². The van der Waals surface area contributed by atoms with Crippen LogP contribution in [0.15, 0.2) is 30.3 Å². The van der Waals surface area contributed by atoms with Gasteiger partial charge < -0.3 is 5.32 Å². The lowest BCUT2D eigenvalue weighted by molar-refractivity contribution is 1.66. The Morgan fingerprint density at radius 1 is 1.33 bits per heavy atom. The maximum Gasteiger partial charge on any atom is 0.137 e. The third kappa shape index (κ3) is 3.95. The van der Waals surface area contributed by atoms with Crippen LogP contribution in [0.3, 0.4) is 0 Å². The smallest absolute Gasteiger partial charge is 0.137 e. The summed E-state index contributed by atoms with van der Waals surface area (Å²) >= 11 is 6.53. The highest BCUT2D eigenvalue weighted by Crippen LogP contribution is 2.08. The first-order chi connectivity index (χ1) is 5.33. The van der Waals surface area contributed by atoms with Crippen molar-refractivity contribution in [2.75, 3.05) is 11.6 Å². The Morgan fingerprint density at radius 3 is 2.42 bits per heavy atom. The molecule has 0 aliphatic heterocycles. The van der Waals surface area contributed by atoms with Crippen molar-refractivity contribution in [3.63, 3.8) is 0 Å². The molecule has 0 aliphatic carbocycles.